The molecule has 0 aromatic heterocycles. The molecule has 2 aromatic rings. The van der Waals surface area contributed by atoms with Crippen LogP contribution in [0.4, 0.5) is 0 Å². The normalized spacial score (nSPS) is 12.2. The molecule has 142 valence electrons. The fourth-order valence-corrected chi connectivity index (χ4v) is 2.83. The van der Waals surface area contributed by atoms with Gasteiger partial charge in [-0.2, -0.15) is 0 Å². The number of rotatable bonds is 9. The van der Waals surface area contributed by atoms with Gasteiger partial charge in [-0.1, -0.05) is 60.7 Å². The van der Waals surface area contributed by atoms with E-state index >= 15 is 0 Å². The summed E-state index contributed by atoms with van der Waals surface area (Å²) in [5.74, 6) is -2.87. The van der Waals surface area contributed by atoms with E-state index in [-0.39, 0.29) is 24.8 Å². The molecule has 0 heterocycles. The van der Waals surface area contributed by atoms with Gasteiger partial charge in [-0.3, -0.25) is 9.59 Å². The number of hydrogen-bond donors (Lipinski definition) is 2. The lowest BCUT2D eigenvalue weighted by Gasteiger charge is -2.16. The second-order valence-corrected chi connectivity index (χ2v) is 6.03. The lowest BCUT2D eigenvalue weighted by atomic mass is 9.88. The van der Waals surface area contributed by atoms with Gasteiger partial charge < -0.3 is 10.2 Å². The first-order valence-corrected chi connectivity index (χ1v) is 8.09. The molecule has 0 amide bonds. The second kappa shape index (κ2) is 12.3. The highest BCUT2D eigenvalue weighted by atomic mass is 35.5. The summed E-state index contributed by atoms with van der Waals surface area (Å²) in [6.07, 6.45) is 1.56. The maximum atomic E-state index is 11.5. The summed E-state index contributed by atoms with van der Waals surface area (Å²) < 4.78 is 0. The van der Waals surface area contributed by atoms with E-state index in [1.165, 1.54) is 0 Å². The fraction of sp³-hybridized carbons (Fsp3) is 0.300. The second-order valence-electron chi connectivity index (χ2n) is 6.03. The summed E-state index contributed by atoms with van der Waals surface area (Å²) in [7, 11) is 0. The number of carboxylic acid groups (broad SMARTS) is 2. The van der Waals surface area contributed by atoms with Crippen molar-refractivity contribution in [1.29, 1.82) is 0 Å². The minimum atomic E-state index is -0.872. The predicted octanol–water partition coefficient (Wildman–Crippen LogP) is 4.50. The molecule has 0 saturated heterocycles. The van der Waals surface area contributed by atoms with Crippen LogP contribution in [0.5, 0.6) is 0 Å². The summed E-state index contributed by atoms with van der Waals surface area (Å²) in [5.41, 5.74) is 1.92. The molecule has 2 N–H and O–H groups in total. The molecule has 26 heavy (non-hydrogen) atoms. The summed E-state index contributed by atoms with van der Waals surface area (Å²) in [6, 6.07) is 18.9. The molecule has 0 aliphatic rings. The molecule has 0 spiro atoms. The van der Waals surface area contributed by atoms with Crippen molar-refractivity contribution in [3.63, 3.8) is 0 Å². The minimum absolute atomic E-state index is 0. The molecule has 0 radical (unpaired) electrons. The van der Waals surface area contributed by atoms with Crippen LogP contribution in [-0.2, 0) is 22.4 Å². The van der Waals surface area contributed by atoms with Crippen LogP contribution in [0.2, 0.25) is 0 Å². The molecule has 0 fully saturated rings. The third kappa shape index (κ3) is 7.89. The lowest BCUT2D eigenvalue weighted by Crippen LogP contribution is -2.22. The summed E-state index contributed by atoms with van der Waals surface area (Å²) in [5, 5.41) is 18.9. The third-order valence-electron chi connectivity index (χ3n) is 4.21. The molecule has 0 aliphatic heterocycles. The van der Waals surface area contributed by atoms with Crippen molar-refractivity contribution in [2.45, 2.75) is 25.7 Å². The first-order valence-electron chi connectivity index (χ1n) is 8.09. The maximum absolute atomic E-state index is 11.5. The number of carboxylic acids is 2. The zero-order chi connectivity index (χ0) is 17.4. The standard InChI is InChI=1S/C20H22O4.2ClH/c21-19(22)17(13-15-7-3-1-4-8-15)11-12-18(20(23)24)14-16-9-5-2-6-10-16;;/h1-10,17-18H,11-14H2,(H,21,22)(H,23,24);2*1H. The van der Waals surface area contributed by atoms with E-state index in [1.807, 2.05) is 60.7 Å². The Bertz CT molecular complexity index is 603. The Morgan fingerprint density at radius 2 is 0.962 bits per heavy atom. The van der Waals surface area contributed by atoms with Crippen molar-refractivity contribution in [3.8, 4) is 0 Å². The Balaban J connectivity index is 0.00000312. The van der Waals surface area contributed by atoms with E-state index < -0.39 is 23.8 Å². The van der Waals surface area contributed by atoms with Gasteiger partial charge in [0.2, 0.25) is 0 Å². The monoisotopic (exact) mass is 398 g/mol. The summed E-state index contributed by atoms with van der Waals surface area (Å²) in [6.45, 7) is 0. The largest absolute Gasteiger partial charge is 0.481 e. The average Bonchev–Trinajstić information content (AvgIpc) is 2.58. The van der Waals surface area contributed by atoms with Crippen molar-refractivity contribution >= 4 is 36.8 Å². The van der Waals surface area contributed by atoms with Gasteiger partial charge in [0, 0.05) is 0 Å². The van der Waals surface area contributed by atoms with Crippen molar-refractivity contribution in [3.05, 3.63) is 71.8 Å². The Morgan fingerprint density at radius 1 is 0.654 bits per heavy atom. The molecule has 0 aliphatic carbocycles. The number of halogens is 2. The van der Waals surface area contributed by atoms with Crippen LogP contribution in [0.3, 0.4) is 0 Å². The first-order chi connectivity index (χ1) is 11.6. The van der Waals surface area contributed by atoms with Crippen LogP contribution in [-0.4, -0.2) is 22.2 Å². The number of hydrogen-bond acceptors (Lipinski definition) is 2. The Morgan fingerprint density at radius 3 is 1.23 bits per heavy atom. The van der Waals surface area contributed by atoms with E-state index in [0.717, 1.165) is 11.1 Å². The highest BCUT2D eigenvalue weighted by Crippen LogP contribution is 2.21. The van der Waals surface area contributed by atoms with Crippen molar-refractivity contribution in [2.75, 3.05) is 0 Å². The van der Waals surface area contributed by atoms with E-state index in [4.69, 9.17) is 0 Å². The van der Waals surface area contributed by atoms with E-state index in [0.29, 0.717) is 25.7 Å². The quantitative estimate of drug-likeness (QED) is 0.651. The molecule has 2 aromatic carbocycles. The average molecular weight is 399 g/mol. The summed E-state index contributed by atoms with van der Waals surface area (Å²) in [4.78, 5) is 23.0. The van der Waals surface area contributed by atoms with Gasteiger partial charge in [0.1, 0.15) is 0 Å². The van der Waals surface area contributed by atoms with Gasteiger partial charge >= 0.3 is 11.9 Å². The Hall–Kier alpha value is -2.04. The van der Waals surface area contributed by atoms with Gasteiger partial charge in [0.05, 0.1) is 11.8 Å². The van der Waals surface area contributed by atoms with Crippen molar-refractivity contribution < 1.29 is 19.8 Å². The van der Waals surface area contributed by atoms with E-state index in [1.54, 1.807) is 0 Å². The molecule has 4 nitrogen and oxygen atoms in total. The smallest absolute Gasteiger partial charge is 0.306 e. The number of aliphatic carboxylic acids is 2. The topological polar surface area (TPSA) is 74.6 Å². The highest BCUT2D eigenvalue weighted by Gasteiger charge is 2.23. The SMILES string of the molecule is Cl.Cl.O=C(O)C(CCC(Cc1ccccc1)C(=O)O)Cc1ccccc1. The van der Waals surface area contributed by atoms with Crippen molar-refractivity contribution in [2.24, 2.45) is 11.8 Å². The predicted molar refractivity (Wildman–Crippen MR) is 106 cm³/mol. The van der Waals surface area contributed by atoms with Crippen molar-refractivity contribution in [1.82, 2.24) is 0 Å². The van der Waals surface area contributed by atoms with Crippen LogP contribution in [0, 0.1) is 11.8 Å². The zero-order valence-corrected chi connectivity index (χ0v) is 15.9. The van der Waals surface area contributed by atoms with Gasteiger partial charge in [0.25, 0.3) is 0 Å². The van der Waals surface area contributed by atoms with E-state index in [2.05, 4.69) is 0 Å². The number of carbonyl (C=O) groups is 2. The van der Waals surface area contributed by atoms with Gasteiger partial charge in [-0.05, 0) is 36.8 Å². The molecule has 2 atom stereocenters. The lowest BCUT2D eigenvalue weighted by molar-refractivity contribution is -0.145. The molecule has 2 rings (SSSR count). The number of benzene rings is 2. The molecule has 0 saturated carbocycles. The summed E-state index contributed by atoms with van der Waals surface area (Å²) >= 11 is 0. The highest BCUT2D eigenvalue weighted by molar-refractivity contribution is 5.85. The van der Waals surface area contributed by atoms with Crippen LogP contribution in [0.25, 0.3) is 0 Å². The van der Waals surface area contributed by atoms with Crippen LogP contribution >= 0.6 is 24.8 Å². The molecular weight excluding hydrogens is 375 g/mol. The Labute approximate surface area is 166 Å². The fourth-order valence-electron chi connectivity index (χ4n) is 2.83. The third-order valence-corrected chi connectivity index (χ3v) is 4.21. The molecule has 6 heteroatoms. The van der Waals surface area contributed by atoms with Gasteiger partial charge in [-0.25, -0.2) is 0 Å². The molecule has 2 unspecified atom stereocenters. The van der Waals surface area contributed by atoms with Gasteiger partial charge in [0.15, 0.2) is 0 Å². The van der Waals surface area contributed by atoms with Crippen LogP contribution < -0.4 is 0 Å². The first kappa shape index (κ1) is 24.0. The zero-order valence-electron chi connectivity index (χ0n) is 14.3. The van der Waals surface area contributed by atoms with Crippen LogP contribution in [0.15, 0.2) is 60.7 Å². The molecule has 0 bridgehead atoms. The van der Waals surface area contributed by atoms with Crippen LogP contribution in [0.1, 0.15) is 24.0 Å². The minimum Gasteiger partial charge on any atom is -0.481 e. The Kier molecular flexibility index (Phi) is 11.4. The van der Waals surface area contributed by atoms with E-state index in [9.17, 15) is 19.8 Å². The maximum Gasteiger partial charge on any atom is 0.306 e. The molecular formula is C20H24Cl2O4. The van der Waals surface area contributed by atoms with Gasteiger partial charge in [-0.15, -0.1) is 24.8 Å².